The normalized spacial score (nSPS) is 11.5. The van der Waals surface area contributed by atoms with Crippen LogP contribution in [-0.2, 0) is 9.53 Å². The minimum atomic E-state index is -0.932. The van der Waals surface area contributed by atoms with Gasteiger partial charge in [-0.1, -0.05) is 12.1 Å². The molecule has 120 valence electrons. The first-order valence-electron chi connectivity index (χ1n) is 6.72. The molecule has 8 nitrogen and oxygen atoms in total. The molecule has 1 N–H and O–H groups in total. The Hall–Kier alpha value is -3.16. The number of hydrogen-bond donors (Lipinski definition) is 1. The Morgan fingerprint density at radius 3 is 2.70 bits per heavy atom. The van der Waals surface area contributed by atoms with Crippen molar-refractivity contribution >= 4 is 17.6 Å². The van der Waals surface area contributed by atoms with E-state index in [0.29, 0.717) is 5.76 Å². The van der Waals surface area contributed by atoms with Gasteiger partial charge in [0.1, 0.15) is 11.3 Å². The Bertz CT molecular complexity index is 711. The molecular formula is C15H14N2O6. The van der Waals surface area contributed by atoms with Gasteiger partial charge < -0.3 is 14.5 Å². The van der Waals surface area contributed by atoms with Gasteiger partial charge >= 0.3 is 5.97 Å². The average molecular weight is 318 g/mol. The number of nitro benzene ring substituents is 1. The summed E-state index contributed by atoms with van der Waals surface area (Å²) in [5.74, 6) is -0.915. The van der Waals surface area contributed by atoms with E-state index in [1.807, 2.05) is 0 Å². The number of nitrogens with zero attached hydrogens (tertiary/aromatic N) is 1. The Kier molecular flexibility index (Phi) is 5.08. The van der Waals surface area contributed by atoms with E-state index in [1.54, 1.807) is 19.1 Å². The second kappa shape index (κ2) is 7.21. The SMILES string of the molecule is C[C@@H](NC(=O)COC(=O)c1ccccc1[N+](=O)[O-])c1ccco1. The number of benzene rings is 1. The lowest BCUT2D eigenvalue weighted by molar-refractivity contribution is -0.385. The molecule has 1 heterocycles. The van der Waals surface area contributed by atoms with Crippen LogP contribution in [0.4, 0.5) is 5.69 Å². The molecule has 0 spiro atoms. The molecule has 1 amide bonds. The summed E-state index contributed by atoms with van der Waals surface area (Å²) in [5.41, 5.74) is -0.578. The van der Waals surface area contributed by atoms with Crippen molar-refractivity contribution in [2.45, 2.75) is 13.0 Å². The van der Waals surface area contributed by atoms with Crippen LogP contribution in [0.15, 0.2) is 47.1 Å². The van der Waals surface area contributed by atoms with E-state index in [1.165, 1.54) is 30.5 Å². The Labute approximate surface area is 131 Å². The van der Waals surface area contributed by atoms with Crippen molar-refractivity contribution in [1.29, 1.82) is 0 Å². The van der Waals surface area contributed by atoms with Crippen molar-refractivity contribution < 1.29 is 23.7 Å². The highest BCUT2D eigenvalue weighted by Gasteiger charge is 2.21. The zero-order valence-electron chi connectivity index (χ0n) is 12.2. The summed E-state index contributed by atoms with van der Waals surface area (Å²) >= 11 is 0. The minimum absolute atomic E-state index is 0.204. The molecule has 1 aromatic carbocycles. The van der Waals surface area contributed by atoms with Gasteiger partial charge in [0.05, 0.1) is 17.2 Å². The highest BCUT2D eigenvalue weighted by molar-refractivity contribution is 5.95. The molecule has 0 aliphatic heterocycles. The van der Waals surface area contributed by atoms with Crippen molar-refractivity contribution in [2.24, 2.45) is 0 Å². The standard InChI is InChI=1S/C15H14N2O6/c1-10(13-7-4-8-22-13)16-14(18)9-23-15(19)11-5-2-3-6-12(11)17(20)21/h2-8,10H,9H2,1H3,(H,16,18)/t10-/m1/s1. The quantitative estimate of drug-likeness (QED) is 0.496. The molecule has 1 atom stereocenters. The van der Waals surface area contributed by atoms with E-state index in [-0.39, 0.29) is 17.3 Å². The number of esters is 1. The van der Waals surface area contributed by atoms with Crippen molar-refractivity contribution in [3.8, 4) is 0 Å². The van der Waals surface area contributed by atoms with Crippen molar-refractivity contribution in [3.63, 3.8) is 0 Å². The van der Waals surface area contributed by atoms with Crippen LogP contribution in [0.25, 0.3) is 0 Å². The van der Waals surface area contributed by atoms with Gasteiger partial charge in [0.2, 0.25) is 0 Å². The molecule has 2 rings (SSSR count). The van der Waals surface area contributed by atoms with Crippen molar-refractivity contribution in [2.75, 3.05) is 6.61 Å². The van der Waals surface area contributed by atoms with Gasteiger partial charge in [-0.3, -0.25) is 14.9 Å². The molecular weight excluding hydrogens is 304 g/mol. The summed E-state index contributed by atoms with van der Waals surface area (Å²) in [5, 5.41) is 13.4. The van der Waals surface area contributed by atoms with Crippen molar-refractivity contribution in [1.82, 2.24) is 5.32 Å². The molecule has 8 heteroatoms. The summed E-state index contributed by atoms with van der Waals surface area (Å²) in [7, 11) is 0. The third-order valence-electron chi connectivity index (χ3n) is 3.00. The zero-order chi connectivity index (χ0) is 16.8. The fourth-order valence-corrected chi connectivity index (χ4v) is 1.91. The Morgan fingerprint density at radius 2 is 2.04 bits per heavy atom. The highest BCUT2D eigenvalue weighted by atomic mass is 16.6. The minimum Gasteiger partial charge on any atom is -0.467 e. The van der Waals surface area contributed by atoms with Crippen LogP contribution >= 0.6 is 0 Å². The lowest BCUT2D eigenvalue weighted by atomic mass is 10.2. The smallest absolute Gasteiger partial charge is 0.345 e. The van der Waals surface area contributed by atoms with Crippen LogP contribution in [0.3, 0.4) is 0 Å². The number of ether oxygens (including phenoxy) is 1. The first-order chi connectivity index (χ1) is 11.0. The Morgan fingerprint density at radius 1 is 1.30 bits per heavy atom. The number of nitro groups is 1. The monoisotopic (exact) mass is 318 g/mol. The summed E-state index contributed by atoms with van der Waals surface area (Å²) in [6, 6.07) is 8.37. The van der Waals surface area contributed by atoms with Crippen LogP contribution in [-0.4, -0.2) is 23.4 Å². The predicted octanol–water partition coefficient (Wildman–Crippen LogP) is 2.22. The number of rotatable bonds is 6. The molecule has 2 aromatic rings. The largest absolute Gasteiger partial charge is 0.467 e. The first kappa shape index (κ1) is 16.2. The third kappa shape index (κ3) is 4.16. The maximum absolute atomic E-state index is 11.9. The van der Waals surface area contributed by atoms with Crippen LogP contribution in [0, 0.1) is 10.1 Å². The zero-order valence-corrected chi connectivity index (χ0v) is 12.2. The number of amides is 1. The fourth-order valence-electron chi connectivity index (χ4n) is 1.91. The Balaban J connectivity index is 1.92. The summed E-state index contributed by atoms with van der Waals surface area (Å²) < 4.78 is 9.95. The van der Waals surface area contributed by atoms with Gasteiger partial charge in [-0.05, 0) is 25.1 Å². The van der Waals surface area contributed by atoms with Gasteiger partial charge in [0, 0.05) is 6.07 Å². The van der Waals surface area contributed by atoms with Crippen LogP contribution in [0.2, 0.25) is 0 Å². The van der Waals surface area contributed by atoms with Gasteiger partial charge in [-0.15, -0.1) is 0 Å². The van der Waals surface area contributed by atoms with Gasteiger partial charge in [0.25, 0.3) is 11.6 Å². The van der Waals surface area contributed by atoms with E-state index >= 15 is 0 Å². The molecule has 0 radical (unpaired) electrons. The molecule has 23 heavy (non-hydrogen) atoms. The maximum atomic E-state index is 11.9. The predicted molar refractivity (Wildman–Crippen MR) is 78.6 cm³/mol. The number of furan rings is 1. The average Bonchev–Trinajstić information content (AvgIpc) is 3.07. The van der Waals surface area contributed by atoms with E-state index in [4.69, 9.17) is 9.15 Å². The molecule has 0 fully saturated rings. The number of para-hydroxylation sites is 1. The first-order valence-corrected chi connectivity index (χ1v) is 6.72. The van der Waals surface area contributed by atoms with Crippen LogP contribution in [0.1, 0.15) is 29.1 Å². The van der Waals surface area contributed by atoms with Crippen molar-refractivity contribution in [3.05, 3.63) is 64.1 Å². The number of hydrogen-bond acceptors (Lipinski definition) is 6. The summed E-state index contributed by atoms with van der Waals surface area (Å²) in [4.78, 5) is 33.8. The lowest BCUT2D eigenvalue weighted by Gasteiger charge is -2.11. The molecule has 0 saturated carbocycles. The van der Waals surface area contributed by atoms with Crippen LogP contribution < -0.4 is 5.32 Å². The second-order valence-electron chi connectivity index (χ2n) is 4.66. The van der Waals surface area contributed by atoms with E-state index in [2.05, 4.69) is 5.32 Å². The van der Waals surface area contributed by atoms with Gasteiger partial charge in [-0.25, -0.2) is 4.79 Å². The van der Waals surface area contributed by atoms with E-state index < -0.39 is 23.4 Å². The third-order valence-corrected chi connectivity index (χ3v) is 3.00. The maximum Gasteiger partial charge on any atom is 0.345 e. The van der Waals surface area contributed by atoms with Crippen LogP contribution in [0.5, 0.6) is 0 Å². The topological polar surface area (TPSA) is 112 Å². The summed E-state index contributed by atoms with van der Waals surface area (Å²) in [6.45, 7) is 1.16. The number of carbonyl (C=O) groups is 2. The van der Waals surface area contributed by atoms with Gasteiger partial charge in [-0.2, -0.15) is 0 Å². The fraction of sp³-hybridized carbons (Fsp3) is 0.200. The van der Waals surface area contributed by atoms with Gasteiger partial charge in [0.15, 0.2) is 6.61 Å². The number of nitrogens with one attached hydrogen (secondary N) is 1. The molecule has 0 aliphatic carbocycles. The number of carbonyl (C=O) groups excluding carboxylic acids is 2. The summed E-state index contributed by atoms with van der Waals surface area (Å²) in [6.07, 6.45) is 1.48. The highest BCUT2D eigenvalue weighted by Crippen LogP contribution is 2.18. The molecule has 0 bridgehead atoms. The van der Waals surface area contributed by atoms with E-state index in [0.717, 1.165) is 0 Å². The second-order valence-corrected chi connectivity index (χ2v) is 4.66. The molecule has 0 unspecified atom stereocenters. The molecule has 0 saturated heterocycles. The lowest BCUT2D eigenvalue weighted by Crippen LogP contribution is -2.31. The molecule has 0 aliphatic rings. The van der Waals surface area contributed by atoms with E-state index in [9.17, 15) is 19.7 Å². The molecule has 1 aromatic heterocycles.